The Balaban J connectivity index is 1.42. The number of esters is 1. The standard InChI is InChI=1S/C34H38Cl2F2N4O7/c1-19-14-41(20(2)13-39-19)17-32(43)40-27-10-23(7-8-28(27)46-3)33(44)48-30(12-24-25(35)15-42(45)16-26(24)36)22-6-9-29(49-34(37)38)31(11-22)47-18-21-4-5-21/h6-11,15-16,19-21,30,34,39H,4-5,12-14,17-18H2,1-3H3,(H,40,43)/t19-,20+,30+/m1/s1. The second-order valence-corrected chi connectivity index (χ2v) is 13.1. The fraction of sp³-hybridized carbons (Fsp3) is 0.441. The van der Waals surface area contributed by atoms with Crippen molar-refractivity contribution in [2.24, 2.45) is 5.92 Å². The number of nitrogens with one attached hydrogen (secondary N) is 2. The fourth-order valence-electron chi connectivity index (χ4n) is 5.48. The minimum Gasteiger partial charge on any atom is -0.619 e. The van der Waals surface area contributed by atoms with E-state index in [-0.39, 0.29) is 63.8 Å². The molecule has 11 nitrogen and oxygen atoms in total. The average molecular weight is 724 g/mol. The Morgan fingerprint density at radius 2 is 1.80 bits per heavy atom. The second-order valence-electron chi connectivity index (χ2n) is 12.3. The third kappa shape index (κ3) is 9.84. The first-order chi connectivity index (χ1) is 23.4. The van der Waals surface area contributed by atoms with Crippen molar-refractivity contribution >= 4 is 40.8 Å². The summed E-state index contributed by atoms with van der Waals surface area (Å²) in [4.78, 5) is 28.9. The number of amides is 1. The van der Waals surface area contributed by atoms with E-state index in [1.165, 1.54) is 43.5 Å². The highest BCUT2D eigenvalue weighted by atomic mass is 35.5. The number of carbonyl (C=O) groups excluding carboxylic acids is 2. The van der Waals surface area contributed by atoms with Gasteiger partial charge in [0.2, 0.25) is 5.91 Å². The van der Waals surface area contributed by atoms with E-state index < -0.39 is 18.7 Å². The van der Waals surface area contributed by atoms with Crippen LogP contribution in [0, 0.1) is 11.1 Å². The first-order valence-corrected chi connectivity index (χ1v) is 16.6. The predicted octanol–water partition coefficient (Wildman–Crippen LogP) is 5.79. The van der Waals surface area contributed by atoms with Crippen LogP contribution in [0.15, 0.2) is 48.8 Å². The molecule has 3 aromatic rings. The van der Waals surface area contributed by atoms with Crippen LogP contribution in [0.5, 0.6) is 17.2 Å². The van der Waals surface area contributed by atoms with Crippen LogP contribution in [-0.2, 0) is 16.0 Å². The van der Waals surface area contributed by atoms with Crippen molar-refractivity contribution in [2.75, 3.05) is 38.7 Å². The predicted molar refractivity (Wildman–Crippen MR) is 179 cm³/mol. The van der Waals surface area contributed by atoms with Gasteiger partial charge in [0.05, 0.1) is 31.5 Å². The zero-order valence-electron chi connectivity index (χ0n) is 27.2. The van der Waals surface area contributed by atoms with Crippen molar-refractivity contribution in [3.05, 3.63) is 80.7 Å². The normalized spacial score (nSPS) is 18.5. The summed E-state index contributed by atoms with van der Waals surface area (Å²) in [6.45, 7) is 2.91. The van der Waals surface area contributed by atoms with Crippen LogP contribution in [0.2, 0.25) is 10.0 Å². The van der Waals surface area contributed by atoms with Gasteiger partial charge in [0, 0.05) is 37.2 Å². The van der Waals surface area contributed by atoms with Gasteiger partial charge in [-0.2, -0.15) is 13.5 Å². The van der Waals surface area contributed by atoms with E-state index in [0.29, 0.717) is 40.7 Å². The number of pyridine rings is 1. The molecule has 2 heterocycles. The van der Waals surface area contributed by atoms with Crippen molar-refractivity contribution in [3.63, 3.8) is 0 Å². The molecule has 1 aromatic heterocycles. The Hall–Kier alpha value is -3.91. The largest absolute Gasteiger partial charge is 0.619 e. The second kappa shape index (κ2) is 16.2. The first kappa shape index (κ1) is 36.4. The molecule has 0 bridgehead atoms. The van der Waals surface area contributed by atoms with Gasteiger partial charge in [0.25, 0.3) is 0 Å². The van der Waals surface area contributed by atoms with Gasteiger partial charge in [-0.1, -0.05) is 29.3 Å². The lowest BCUT2D eigenvalue weighted by Gasteiger charge is -2.36. The molecular weight excluding hydrogens is 685 g/mol. The van der Waals surface area contributed by atoms with Crippen LogP contribution >= 0.6 is 23.2 Å². The van der Waals surface area contributed by atoms with Gasteiger partial charge in [0.15, 0.2) is 23.9 Å². The Kier molecular flexibility index (Phi) is 12.0. The molecular formula is C34H38Cl2F2N4O7. The lowest BCUT2D eigenvalue weighted by atomic mass is 10.0. The number of benzene rings is 2. The molecule has 1 saturated heterocycles. The van der Waals surface area contributed by atoms with Crippen LogP contribution in [0.3, 0.4) is 0 Å². The molecule has 49 heavy (non-hydrogen) atoms. The molecule has 0 radical (unpaired) electrons. The van der Waals surface area contributed by atoms with Crippen molar-refractivity contribution in [1.29, 1.82) is 0 Å². The molecule has 1 saturated carbocycles. The molecule has 2 N–H and O–H groups in total. The van der Waals surface area contributed by atoms with E-state index in [1.54, 1.807) is 0 Å². The van der Waals surface area contributed by atoms with E-state index in [4.69, 9.17) is 37.4 Å². The quantitative estimate of drug-likeness (QED) is 0.121. The Bertz CT molecular complexity index is 1640. The lowest BCUT2D eigenvalue weighted by Crippen LogP contribution is -2.55. The van der Waals surface area contributed by atoms with Crippen LogP contribution in [-0.4, -0.2) is 68.8 Å². The molecule has 1 aliphatic heterocycles. The number of halogens is 4. The number of ether oxygens (including phenoxy) is 4. The summed E-state index contributed by atoms with van der Waals surface area (Å²) < 4.78 is 48.8. The molecule has 0 unspecified atom stereocenters. The lowest BCUT2D eigenvalue weighted by molar-refractivity contribution is -0.605. The number of piperazine rings is 1. The minimum absolute atomic E-state index is 0.0362. The number of carbonyl (C=O) groups is 2. The molecule has 2 aliphatic rings. The van der Waals surface area contributed by atoms with Crippen LogP contribution in [0.1, 0.15) is 54.3 Å². The molecule has 3 atom stereocenters. The number of nitrogens with zero attached hydrogens (tertiary/aromatic N) is 2. The number of alkyl halides is 2. The molecule has 2 fully saturated rings. The van der Waals surface area contributed by atoms with E-state index in [2.05, 4.69) is 27.2 Å². The van der Waals surface area contributed by atoms with Gasteiger partial charge in [-0.05, 0) is 68.5 Å². The molecule has 264 valence electrons. The van der Waals surface area contributed by atoms with Gasteiger partial charge < -0.3 is 34.8 Å². The topological polar surface area (TPSA) is 125 Å². The molecule has 1 aliphatic carbocycles. The summed E-state index contributed by atoms with van der Waals surface area (Å²) in [5.41, 5.74) is 1.05. The molecule has 15 heteroatoms. The van der Waals surface area contributed by atoms with Gasteiger partial charge >= 0.3 is 12.6 Å². The highest BCUT2D eigenvalue weighted by Gasteiger charge is 2.28. The SMILES string of the molecule is COc1ccc(C(=O)O[C@@H](Cc2c(Cl)c[n+]([O-])cc2Cl)c2ccc(OC(F)F)c(OCC3CC3)c2)cc1NC(=O)CN1C[C@@H](C)NC[C@@H]1C. The average Bonchev–Trinajstić information content (AvgIpc) is 3.88. The maximum Gasteiger partial charge on any atom is 0.387 e. The van der Waals surface area contributed by atoms with Crippen molar-refractivity contribution in [1.82, 2.24) is 10.2 Å². The maximum absolute atomic E-state index is 13.7. The summed E-state index contributed by atoms with van der Waals surface area (Å²) in [5.74, 6) is -0.529. The van der Waals surface area contributed by atoms with Gasteiger partial charge in [-0.3, -0.25) is 9.69 Å². The minimum atomic E-state index is -3.09. The van der Waals surface area contributed by atoms with Crippen molar-refractivity contribution in [3.8, 4) is 17.2 Å². The third-order valence-corrected chi connectivity index (χ3v) is 9.02. The van der Waals surface area contributed by atoms with Gasteiger partial charge in [0.1, 0.15) is 21.9 Å². The van der Waals surface area contributed by atoms with Crippen LogP contribution in [0.25, 0.3) is 0 Å². The van der Waals surface area contributed by atoms with Crippen molar-refractivity contribution < 1.29 is 42.0 Å². The maximum atomic E-state index is 13.7. The summed E-state index contributed by atoms with van der Waals surface area (Å²) in [7, 11) is 1.45. The first-order valence-electron chi connectivity index (χ1n) is 15.8. The van der Waals surface area contributed by atoms with E-state index in [0.717, 1.165) is 31.8 Å². The highest BCUT2D eigenvalue weighted by molar-refractivity contribution is 6.35. The number of hydrogen-bond acceptors (Lipinski definition) is 9. The highest BCUT2D eigenvalue weighted by Crippen LogP contribution is 2.38. The molecule has 5 rings (SSSR count). The van der Waals surface area contributed by atoms with Crippen LogP contribution < -0.4 is 29.6 Å². The monoisotopic (exact) mass is 722 g/mol. The summed E-state index contributed by atoms with van der Waals surface area (Å²) in [6, 6.07) is 9.11. The molecule has 2 aromatic carbocycles. The zero-order chi connectivity index (χ0) is 35.2. The third-order valence-electron chi connectivity index (χ3n) is 8.37. The van der Waals surface area contributed by atoms with Crippen LogP contribution in [0.4, 0.5) is 14.5 Å². The number of aromatic nitrogens is 1. The Morgan fingerprint density at radius 3 is 2.47 bits per heavy atom. The van der Waals surface area contributed by atoms with Gasteiger partial charge in [-0.25, -0.2) is 4.79 Å². The molecule has 1 amide bonds. The smallest absolute Gasteiger partial charge is 0.387 e. The van der Waals surface area contributed by atoms with E-state index >= 15 is 0 Å². The summed E-state index contributed by atoms with van der Waals surface area (Å²) >= 11 is 12.8. The van der Waals surface area contributed by atoms with E-state index in [1.807, 2.05) is 6.92 Å². The number of methoxy groups -OCH3 is 1. The Labute approximate surface area is 292 Å². The van der Waals surface area contributed by atoms with E-state index in [9.17, 15) is 23.6 Å². The summed E-state index contributed by atoms with van der Waals surface area (Å²) in [5, 5.41) is 18.2. The van der Waals surface area contributed by atoms with Crippen molar-refractivity contribution in [2.45, 2.75) is 57.9 Å². The number of hydrogen-bond donors (Lipinski definition) is 2. The zero-order valence-corrected chi connectivity index (χ0v) is 28.7. The number of anilines is 1. The Morgan fingerprint density at radius 1 is 1.08 bits per heavy atom. The van der Waals surface area contributed by atoms with Gasteiger partial charge in [-0.15, -0.1) is 0 Å². The number of rotatable bonds is 14. The fourth-order valence-corrected chi connectivity index (χ4v) is 6.08. The molecule has 0 spiro atoms. The summed E-state index contributed by atoms with van der Waals surface area (Å²) in [6.07, 6.45) is 3.01.